The van der Waals surface area contributed by atoms with Crippen LogP contribution < -0.4 is 5.32 Å². The number of rotatable bonds is 6. The van der Waals surface area contributed by atoms with E-state index in [-0.39, 0.29) is 0 Å². The largest absolute Gasteiger partial charge is 0.316 e. The number of nitrogens with one attached hydrogen (secondary N) is 1. The maximum Gasteiger partial charge on any atom is 0.0637 e. The topological polar surface area (TPSA) is 29.9 Å². The Bertz CT molecular complexity index is 406. The van der Waals surface area contributed by atoms with E-state index in [0.717, 1.165) is 31.6 Å². The first-order chi connectivity index (χ1) is 7.84. The van der Waals surface area contributed by atoms with Gasteiger partial charge in [0, 0.05) is 31.1 Å². The van der Waals surface area contributed by atoms with Gasteiger partial charge in [0.25, 0.3) is 0 Å². The highest BCUT2D eigenvalue weighted by Gasteiger charge is 1.97. The average molecular weight is 235 g/mol. The zero-order valence-corrected chi connectivity index (χ0v) is 10.3. The van der Waals surface area contributed by atoms with Crippen LogP contribution in [-0.2, 0) is 19.9 Å². The molecule has 0 radical (unpaired) electrons. The Morgan fingerprint density at radius 2 is 2.19 bits per heavy atom. The fourth-order valence-corrected chi connectivity index (χ4v) is 2.31. The van der Waals surface area contributed by atoms with Gasteiger partial charge in [-0.25, -0.2) is 0 Å². The number of aromatic nitrogens is 2. The number of hydrogen-bond acceptors (Lipinski definition) is 3. The highest BCUT2D eigenvalue weighted by molar-refractivity contribution is 7.09. The molecule has 0 bridgehead atoms. The Labute approximate surface area is 100 Å². The molecule has 0 aliphatic carbocycles. The summed E-state index contributed by atoms with van der Waals surface area (Å²) in [6, 6.07) is 6.36. The maximum atomic E-state index is 4.34. The lowest BCUT2D eigenvalue weighted by atomic mass is 10.3. The van der Waals surface area contributed by atoms with E-state index in [1.54, 1.807) is 0 Å². The highest BCUT2D eigenvalue weighted by Crippen LogP contribution is 2.07. The Hall–Kier alpha value is -1.13. The predicted molar refractivity (Wildman–Crippen MR) is 67.8 cm³/mol. The first kappa shape index (κ1) is 11.4. The van der Waals surface area contributed by atoms with Gasteiger partial charge < -0.3 is 5.32 Å². The number of nitrogens with zero attached hydrogens (tertiary/aromatic N) is 2. The van der Waals surface area contributed by atoms with Crippen LogP contribution in [0.2, 0.25) is 0 Å². The maximum absolute atomic E-state index is 4.34. The van der Waals surface area contributed by atoms with Crippen molar-refractivity contribution in [2.24, 2.45) is 7.05 Å². The molecule has 2 aromatic heterocycles. The first-order valence-corrected chi connectivity index (χ1v) is 6.44. The SMILES string of the molecule is Cn1ccc(CCNCCc2cccs2)n1. The summed E-state index contributed by atoms with van der Waals surface area (Å²) in [6.07, 6.45) is 4.12. The minimum Gasteiger partial charge on any atom is -0.316 e. The van der Waals surface area contributed by atoms with Crippen molar-refractivity contribution in [2.45, 2.75) is 12.8 Å². The second kappa shape index (κ2) is 5.82. The van der Waals surface area contributed by atoms with Crippen LogP contribution in [0, 0.1) is 0 Å². The average Bonchev–Trinajstić information content (AvgIpc) is 2.89. The fraction of sp³-hybridized carbons (Fsp3) is 0.417. The van der Waals surface area contributed by atoms with Gasteiger partial charge in [0.1, 0.15) is 0 Å². The second-order valence-electron chi connectivity index (χ2n) is 3.81. The predicted octanol–water partition coefficient (Wildman–Crippen LogP) is 1.86. The monoisotopic (exact) mass is 235 g/mol. The first-order valence-electron chi connectivity index (χ1n) is 5.56. The summed E-state index contributed by atoms with van der Waals surface area (Å²) in [4.78, 5) is 1.45. The highest BCUT2D eigenvalue weighted by atomic mass is 32.1. The van der Waals surface area contributed by atoms with Crippen molar-refractivity contribution in [1.82, 2.24) is 15.1 Å². The van der Waals surface area contributed by atoms with Crippen molar-refractivity contribution in [3.05, 3.63) is 40.3 Å². The molecule has 2 aromatic rings. The van der Waals surface area contributed by atoms with Crippen LogP contribution in [0.15, 0.2) is 29.8 Å². The minimum absolute atomic E-state index is 1.00. The van der Waals surface area contributed by atoms with Crippen molar-refractivity contribution in [2.75, 3.05) is 13.1 Å². The molecule has 3 nitrogen and oxygen atoms in total. The molecular formula is C12H17N3S. The molecule has 4 heteroatoms. The molecular weight excluding hydrogens is 218 g/mol. The molecule has 0 aromatic carbocycles. The van der Waals surface area contributed by atoms with Crippen LogP contribution in [0.4, 0.5) is 0 Å². The Kier molecular flexibility index (Phi) is 4.13. The summed E-state index contributed by atoms with van der Waals surface area (Å²) in [5, 5.41) is 9.90. The summed E-state index contributed by atoms with van der Waals surface area (Å²) < 4.78 is 1.85. The number of thiophene rings is 1. The van der Waals surface area contributed by atoms with Gasteiger partial charge >= 0.3 is 0 Å². The molecule has 0 amide bonds. The zero-order chi connectivity index (χ0) is 11.2. The van der Waals surface area contributed by atoms with Gasteiger partial charge in [0.05, 0.1) is 5.69 Å². The van der Waals surface area contributed by atoms with E-state index in [0.29, 0.717) is 0 Å². The van der Waals surface area contributed by atoms with Gasteiger partial charge in [-0.05, 0) is 30.5 Å². The standard InChI is InChI=1S/C12H17N3S/c1-15-9-6-11(14-15)4-7-13-8-5-12-3-2-10-16-12/h2-3,6,9-10,13H,4-5,7-8H2,1H3. The van der Waals surface area contributed by atoms with E-state index >= 15 is 0 Å². The van der Waals surface area contributed by atoms with E-state index in [1.165, 1.54) is 4.88 Å². The van der Waals surface area contributed by atoms with E-state index in [2.05, 4.69) is 34.0 Å². The zero-order valence-electron chi connectivity index (χ0n) is 9.52. The minimum atomic E-state index is 1.00. The van der Waals surface area contributed by atoms with Crippen LogP contribution >= 0.6 is 11.3 Å². The Morgan fingerprint density at radius 1 is 1.31 bits per heavy atom. The fourth-order valence-electron chi connectivity index (χ4n) is 1.60. The lowest BCUT2D eigenvalue weighted by Gasteiger charge is -2.01. The van der Waals surface area contributed by atoms with E-state index in [4.69, 9.17) is 0 Å². The molecule has 0 aliphatic rings. The van der Waals surface area contributed by atoms with Crippen LogP contribution in [0.5, 0.6) is 0 Å². The third kappa shape index (κ3) is 3.47. The van der Waals surface area contributed by atoms with Crippen molar-refractivity contribution in [3.63, 3.8) is 0 Å². The van der Waals surface area contributed by atoms with Crippen LogP contribution in [0.3, 0.4) is 0 Å². The molecule has 0 saturated carbocycles. The van der Waals surface area contributed by atoms with Crippen molar-refractivity contribution in [1.29, 1.82) is 0 Å². The summed E-state index contributed by atoms with van der Waals surface area (Å²) in [7, 11) is 1.95. The van der Waals surface area contributed by atoms with Crippen LogP contribution in [0.25, 0.3) is 0 Å². The third-order valence-corrected chi connectivity index (χ3v) is 3.39. The lowest BCUT2D eigenvalue weighted by Crippen LogP contribution is -2.20. The smallest absolute Gasteiger partial charge is 0.0637 e. The van der Waals surface area contributed by atoms with Gasteiger partial charge in [-0.3, -0.25) is 4.68 Å². The van der Waals surface area contributed by atoms with E-state index in [9.17, 15) is 0 Å². The quantitative estimate of drug-likeness (QED) is 0.775. The molecule has 1 N–H and O–H groups in total. The number of hydrogen-bond donors (Lipinski definition) is 1. The van der Waals surface area contributed by atoms with Crippen LogP contribution in [-0.4, -0.2) is 22.9 Å². The third-order valence-electron chi connectivity index (χ3n) is 2.46. The molecule has 0 aliphatic heterocycles. The molecule has 0 atom stereocenters. The Morgan fingerprint density at radius 3 is 2.88 bits per heavy atom. The van der Waals surface area contributed by atoms with Gasteiger partial charge in [-0.1, -0.05) is 6.07 Å². The van der Waals surface area contributed by atoms with Crippen molar-refractivity contribution < 1.29 is 0 Å². The molecule has 0 saturated heterocycles. The molecule has 16 heavy (non-hydrogen) atoms. The van der Waals surface area contributed by atoms with Crippen molar-refractivity contribution in [3.8, 4) is 0 Å². The molecule has 0 unspecified atom stereocenters. The molecule has 0 spiro atoms. The number of aryl methyl sites for hydroxylation is 1. The summed E-state index contributed by atoms with van der Waals surface area (Å²) in [5.74, 6) is 0. The molecule has 0 fully saturated rings. The van der Waals surface area contributed by atoms with Gasteiger partial charge in [-0.2, -0.15) is 5.10 Å². The summed E-state index contributed by atoms with van der Waals surface area (Å²) >= 11 is 1.82. The van der Waals surface area contributed by atoms with Gasteiger partial charge in [0.15, 0.2) is 0 Å². The molecule has 2 heterocycles. The normalized spacial score (nSPS) is 10.8. The van der Waals surface area contributed by atoms with Crippen LogP contribution in [0.1, 0.15) is 10.6 Å². The lowest BCUT2D eigenvalue weighted by molar-refractivity contribution is 0.665. The van der Waals surface area contributed by atoms with Gasteiger partial charge in [-0.15, -0.1) is 11.3 Å². The summed E-state index contributed by atoms with van der Waals surface area (Å²) in [5.41, 5.74) is 1.16. The van der Waals surface area contributed by atoms with E-state index < -0.39 is 0 Å². The second-order valence-corrected chi connectivity index (χ2v) is 4.84. The summed E-state index contributed by atoms with van der Waals surface area (Å²) in [6.45, 7) is 2.05. The van der Waals surface area contributed by atoms with Gasteiger partial charge in [0.2, 0.25) is 0 Å². The molecule has 2 rings (SSSR count). The van der Waals surface area contributed by atoms with Crippen molar-refractivity contribution >= 4 is 11.3 Å². The van der Waals surface area contributed by atoms with E-state index in [1.807, 2.05) is 29.3 Å². The Balaban J connectivity index is 1.59. The molecule has 86 valence electrons.